The molecule has 98 valence electrons. The van der Waals surface area contributed by atoms with Crippen LogP contribution in [0.15, 0.2) is 0 Å². The Morgan fingerprint density at radius 1 is 1.18 bits per heavy atom. The molecule has 2 heterocycles. The second kappa shape index (κ2) is 4.55. The minimum atomic E-state index is 0.647. The van der Waals surface area contributed by atoms with Gasteiger partial charge in [-0.15, -0.1) is 0 Å². The van der Waals surface area contributed by atoms with Crippen molar-refractivity contribution in [2.45, 2.75) is 76.9 Å². The van der Waals surface area contributed by atoms with Crippen molar-refractivity contribution in [2.24, 2.45) is 5.41 Å². The Morgan fingerprint density at radius 2 is 2.00 bits per heavy atom. The van der Waals surface area contributed by atoms with Crippen molar-refractivity contribution in [3.8, 4) is 0 Å². The number of hydrogen-bond donors (Lipinski definition) is 1. The first-order chi connectivity index (χ1) is 8.21. The van der Waals surface area contributed by atoms with E-state index in [9.17, 15) is 0 Å². The molecule has 0 spiro atoms. The molecule has 0 aromatic carbocycles. The van der Waals surface area contributed by atoms with E-state index in [0.717, 1.165) is 18.1 Å². The van der Waals surface area contributed by atoms with Crippen molar-refractivity contribution in [2.75, 3.05) is 13.1 Å². The highest BCUT2D eigenvalue weighted by Crippen LogP contribution is 2.51. The van der Waals surface area contributed by atoms with Gasteiger partial charge in [0.25, 0.3) is 0 Å². The molecule has 2 saturated heterocycles. The Hall–Kier alpha value is -0.0800. The van der Waals surface area contributed by atoms with Gasteiger partial charge < -0.3 is 5.32 Å². The fourth-order valence-electron chi connectivity index (χ4n) is 3.95. The molecule has 0 aromatic rings. The first-order valence-electron chi connectivity index (χ1n) is 7.70. The molecule has 17 heavy (non-hydrogen) atoms. The van der Waals surface area contributed by atoms with Crippen molar-refractivity contribution in [1.82, 2.24) is 10.2 Å². The van der Waals surface area contributed by atoms with E-state index in [4.69, 9.17) is 0 Å². The van der Waals surface area contributed by atoms with Gasteiger partial charge in [-0.2, -0.15) is 0 Å². The van der Waals surface area contributed by atoms with Crippen molar-refractivity contribution < 1.29 is 0 Å². The molecule has 3 aliphatic rings. The van der Waals surface area contributed by atoms with E-state index in [1.165, 1.54) is 58.0 Å². The second-order valence-electron chi connectivity index (χ2n) is 6.83. The molecule has 1 N–H and O–H groups in total. The largest absolute Gasteiger partial charge is 0.312 e. The topological polar surface area (TPSA) is 15.3 Å². The third-order valence-corrected chi connectivity index (χ3v) is 5.70. The third kappa shape index (κ3) is 2.26. The maximum Gasteiger partial charge on any atom is 0.0252 e. The van der Waals surface area contributed by atoms with Gasteiger partial charge in [0.1, 0.15) is 0 Å². The Morgan fingerprint density at radius 3 is 2.65 bits per heavy atom. The summed E-state index contributed by atoms with van der Waals surface area (Å²) in [5, 5.41) is 3.74. The number of rotatable bonds is 3. The molecule has 2 heteroatoms. The lowest BCUT2D eigenvalue weighted by atomic mass is 9.89. The Bertz CT molecular complexity index is 266. The van der Waals surface area contributed by atoms with Crippen LogP contribution in [-0.2, 0) is 0 Å². The predicted molar refractivity (Wildman–Crippen MR) is 72.2 cm³/mol. The summed E-state index contributed by atoms with van der Waals surface area (Å²) in [6.07, 6.45) is 10.0. The van der Waals surface area contributed by atoms with Crippen LogP contribution in [0, 0.1) is 5.41 Å². The van der Waals surface area contributed by atoms with Crippen molar-refractivity contribution >= 4 is 0 Å². The fraction of sp³-hybridized carbons (Fsp3) is 1.00. The van der Waals surface area contributed by atoms with Crippen molar-refractivity contribution in [3.05, 3.63) is 0 Å². The predicted octanol–water partition coefficient (Wildman–Crippen LogP) is 2.78. The van der Waals surface area contributed by atoms with E-state index in [0.29, 0.717) is 5.41 Å². The van der Waals surface area contributed by atoms with Crippen LogP contribution in [-0.4, -0.2) is 36.1 Å². The lowest BCUT2D eigenvalue weighted by molar-refractivity contribution is 0.0495. The number of nitrogens with one attached hydrogen (secondary N) is 1. The lowest BCUT2D eigenvalue weighted by Crippen LogP contribution is -2.55. The fourth-order valence-corrected chi connectivity index (χ4v) is 3.95. The minimum Gasteiger partial charge on any atom is -0.312 e. The van der Waals surface area contributed by atoms with Gasteiger partial charge in [-0.25, -0.2) is 0 Å². The molecule has 1 aliphatic carbocycles. The summed E-state index contributed by atoms with van der Waals surface area (Å²) in [6.45, 7) is 7.58. The number of likely N-dealkylation sites (tertiary alicyclic amines) is 1. The molecule has 0 aromatic heterocycles. The molecule has 0 radical (unpaired) electrons. The molecule has 3 rings (SSSR count). The van der Waals surface area contributed by atoms with Gasteiger partial charge in [-0.1, -0.05) is 13.3 Å². The smallest absolute Gasteiger partial charge is 0.0252 e. The molecule has 2 aliphatic heterocycles. The first-order valence-corrected chi connectivity index (χ1v) is 7.70. The SMILES string of the molecule is CC(N1CCCCC1C1CCCN1)C1(C)CC1. The summed E-state index contributed by atoms with van der Waals surface area (Å²) in [6, 6.07) is 2.42. The van der Waals surface area contributed by atoms with E-state index < -0.39 is 0 Å². The van der Waals surface area contributed by atoms with Gasteiger partial charge in [-0.3, -0.25) is 4.90 Å². The summed E-state index contributed by atoms with van der Waals surface area (Å²) in [4.78, 5) is 2.86. The van der Waals surface area contributed by atoms with E-state index >= 15 is 0 Å². The minimum absolute atomic E-state index is 0.647. The standard InChI is InChI=1S/C15H28N2/c1-12(15(2)8-9-15)17-11-4-3-7-14(17)13-6-5-10-16-13/h12-14,16H,3-11H2,1-2H3. The molecule has 0 bridgehead atoms. The number of hydrogen-bond acceptors (Lipinski definition) is 2. The zero-order valence-corrected chi connectivity index (χ0v) is 11.5. The zero-order valence-electron chi connectivity index (χ0n) is 11.5. The van der Waals surface area contributed by atoms with E-state index in [1.807, 2.05) is 0 Å². The maximum atomic E-state index is 3.74. The Balaban J connectivity index is 1.70. The van der Waals surface area contributed by atoms with Crippen molar-refractivity contribution in [3.63, 3.8) is 0 Å². The van der Waals surface area contributed by atoms with Crippen LogP contribution >= 0.6 is 0 Å². The lowest BCUT2D eigenvalue weighted by Gasteiger charge is -2.45. The van der Waals surface area contributed by atoms with Crippen LogP contribution in [0.1, 0.15) is 58.8 Å². The average molecular weight is 236 g/mol. The molecule has 0 amide bonds. The number of piperidine rings is 1. The van der Waals surface area contributed by atoms with Gasteiger partial charge in [0, 0.05) is 18.1 Å². The highest BCUT2D eigenvalue weighted by atomic mass is 15.2. The van der Waals surface area contributed by atoms with Gasteiger partial charge in [0.2, 0.25) is 0 Å². The third-order valence-electron chi connectivity index (χ3n) is 5.70. The van der Waals surface area contributed by atoms with Gasteiger partial charge in [0.05, 0.1) is 0 Å². The summed E-state index contributed by atoms with van der Waals surface area (Å²) in [5.74, 6) is 0. The highest BCUT2D eigenvalue weighted by Gasteiger charge is 2.47. The first kappa shape index (κ1) is 12.0. The Kier molecular flexibility index (Phi) is 3.20. The quantitative estimate of drug-likeness (QED) is 0.810. The zero-order chi connectivity index (χ0) is 11.9. The van der Waals surface area contributed by atoms with Crippen LogP contribution in [0.5, 0.6) is 0 Å². The van der Waals surface area contributed by atoms with Crippen LogP contribution in [0.2, 0.25) is 0 Å². The van der Waals surface area contributed by atoms with E-state index in [-0.39, 0.29) is 0 Å². The second-order valence-corrected chi connectivity index (χ2v) is 6.83. The summed E-state index contributed by atoms with van der Waals surface area (Å²) >= 11 is 0. The van der Waals surface area contributed by atoms with Gasteiger partial charge in [-0.05, 0) is 64.0 Å². The monoisotopic (exact) mass is 236 g/mol. The highest BCUT2D eigenvalue weighted by molar-refractivity contribution is 5.02. The molecule has 2 nitrogen and oxygen atoms in total. The average Bonchev–Trinajstić information content (AvgIpc) is 2.91. The molecular formula is C15H28N2. The van der Waals surface area contributed by atoms with Crippen LogP contribution < -0.4 is 5.32 Å². The van der Waals surface area contributed by atoms with E-state index in [1.54, 1.807) is 0 Å². The van der Waals surface area contributed by atoms with Gasteiger partial charge >= 0.3 is 0 Å². The normalized spacial score (nSPS) is 39.2. The molecule has 3 fully saturated rings. The van der Waals surface area contributed by atoms with Crippen LogP contribution in [0.25, 0.3) is 0 Å². The maximum absolute atomic E-state index is 3.74. The van der Waals surface area contributed by atoms with Crippen molar-refractivity contribution in [1.29, 1.82) is 0 Å². The van der Waals surface area contributed by atoms with E-state index in [2.05, 4.69) is 24.1 Å². The Labute approximate surface area is 106 Å². The molecular weight excluding hydrogens is 208 g/mol. The summed E-state index contributed by atoms with van der Waals surface area (Å²) in [7, 11) is 0. The molecule has 1 saturated carbocycles. The summed E-state index contributed by atoms with van der Waals surface area (Å²) < 4.78 is 0. The summed E-state index contributed by atoms with van der Waals surface area (Å²) in [5.41, 5.74) is 0.647. The van der Waals surface area contributed by atoms with Crippen LogP contribution in [0.3, 0.4) is 0 Å². The molecule has 3 atom stereocenters. The van der Waals surface area contributed by atoms with Gasteiger partial charge in [0.15, 0.2) is 0 Å². The van der Waals surface area contributed by atoms with Crippen LogP contribution in [0.4, 0.5) is 0 Å². The molecule has 3 unspecified atom stereocenters. The number of nitrogens with zero attached hydrogens (tertiary/aromatic N) is 1.